The normalized spacial score (nSPS) is 15.3. The van der Waals surface area contributed by atoms with Crippen molar-refractivity contribution in [3.8, 4) is 5.75 Å². The molecule has 0 fully saturated rings. The van der Waals surface area contributed by atoms with Gasteiger partial charge >= 0.3 is 0 Å². The Kier molecular flexibility index (Phi) is 5.37. The van der Waals surface area contributed by atoms with Crippen LogP contribution in [0.4, 0.5) is 4.39 Å². The molecule has 0 unspecified atom stereocenters. The van der Waals surface area contributed by atoms with Crippen LogP contribution in [-0.4, -0.2) is 12.0 Å². The third-order valence-electron chi connectivity index (χ3n) is 4.74. The lowest BCUT2D eigenvalue weighted by Gasteiger charge is -2.21. The average molecular weight is 341 g/mol. The van der Waals surface area contributed by atoms with E-state index in [-0.39, 0.29) is 17.8 Å². The Bertz CT molecular complexity index is 742. The smallest absolute Gasteiger partial charge is 0.261 e. The summed E-state index contributed by atoms with van der Waals surface area (Å²) >= 11 is 0. The lowest BCUT2D eigenvalue weighted by molar-refractivity contribution is -0.128. The van der Waals surface area contributed by atoms with Crippen molar-refractivity contribution >= 4 is 5.91 Å². The molecule has 25 heavy (non-hydrogen) atoms. The van der Waals surface area contributed by atoms with Crippen molar-refractivity contribution < 1.29 is 13.9 Å². The molecule has 4 heteroatoms. The Hall–Kier alpha value is -2.36. The van der Waals surface area contributed by atoms with Gasteiger partial charge in [-0.15, -0.1) is 0 Å². The molecule has 0 saturated carbocycles. The molecule has 0 saturated heterocycles. The predicted octanol–water partition coefficient (Wildman–Crippen LogP) is 4.35. The van der Waals surface area contributed by atoms with E-state index in [0.717, 1.165) is 18.4 Å². The number of carbonyl (C=O) groups excluding carboxylic acids is 1. The van der Waals surface area contributed by atoms with E-state index in [1.165, 1.54) is 41.8 Å². The molecule has 2 atom stereocenters. The molecule has 0 heterocycles. The number of hydrogen-bond donors (Lipinski definition) is 1. The van der Waals surface area contributed by atoms with Crippen LogP contribution in [0.15, 0.2) is 42.5 Å². The topological polar surface area (TPSA) is 38.3 Å². The standard InChI is InChI=1S/C21H24FNO2/c1-3-20(25-19-11-9-18(22)10-12-19)21(24)23-14(2)16-8-7-15-5-4-6-17(15)13-16/h7-14,20H,3-6H2,1-2H3,(H,23,24)/t14-,20+/m1/s1. The fourth-order valence-electron chi connectivity index (χ4n) is 3.25. The number of hydrogen-bond acceptors (Lipinski definition) is 2. The first-order valence-corrected chi connectivity index (χ1v) is 8.91. The summed E-state index contributed by atoms with van der Waals surface area (Å²) < 4.78 is 18.7. The third kappa shape index (κ3) is 4.19. The Morgan fingerprint density at radius 3 is 2.60 bits per heavy atom. The van der Waals surface area contributed by atoms with Gasteiger partial charge in [0.2, 0.25) is 0 Å². The molecule has 0 radical (unpaired) electrons. The molecule has 3 nitrogen and oxygen atoms in total. The van der Waals surface area contributed by atoms with E-state index >= 15 is 0 Å². The van der Waals surface area contributed by atoms with Gasteiger partial charge in [0.05, 0.1) is 6.04 Å². The molecule has 3 rings (SSSR count). The number of fused-ring (bicyclic) bond motifs is 1. The quantitative estimate of drug-likeness (QED) is 0.848. The minimum atomic E-state index is -0.595. The lowest BCUT2D eigenvalue weighted by atomic mass is 10.0. The van der Waals surface area contributed by atoms with Gasteiger partial charge in [-0.3, -0.25) is 4.79 Å². The van der Waals surface area contributed by atoms with Crippen molar-refractivity contribution in [3.05, 3.63) is 65.0 Å². The van der Waals surface area contributed by atoms with Crippen LogP contribution in [-0.2, 0) is 17.6 Å². The summed E-state index contributed by atoms with van der Waals surface area (Å²) in [6, 6.07) is 12.1. The van der Waals surface area contributed by atoms with Crippen molar-refractivity contribution in [2.24, 2.45) is 0 Å². The molecule has 1 amide bonds. The van der Waals surface area contributed by atoms with Crippen LogP contribution < -0.4 is 10.1 Å². The third-order valence-corrected chi connectivity index (χ3v) is 4.74. The largest absolute Gasteiger partial charge is 0.481 e. The van der Waals surface area contributed by atoms with Gasteiger partial charge in [-0.2, -0.15) is 0 Å². The van der Waals surface area contributed by atoms with Crippen molar-refractivity contribution in [2.75, 3.05) is 0 Å². The zero-order valence-electron chi connectivity index (χ0n) is 14.7. The summed E-state index contributed by atoms with van der Waals surface area (Å²) in [5.41, 5.74) is 3.94. The van der Waals surface area contributed by atoms with Gasteiger partial charge < -0.3 is 10.1 Å². The monoisotopic (exact) mass is 341 g/mol. The van der Waals surface area contributed by atoms with E-state index in [2.05, 4.69) is 23.5 Å². The van der Waals surface area contributed by atoms with E-state index < -0.39 is 6.10 Å². The van der Waals surface area contributed by atoms with Gasteiger partial charge in [0, 0.05) is 0 Å². The Balaban J connectivity index is 1.63. The summed E-state index contributed by atoms with van der Waals surface area (Å²) in [6.45, 7) is 3.88. The molecule has 0 bridgehead atoms. The molecular formula is C21H24FNO2. The molecule has 0 aliphatic heterocycles. The van der Waals surface area contributed by atoms with Gasteiger partial charge in [0.1, 0.15) is 11.6 Å². The number of ether oxygens (including phenoxy) is 1. The number of nitrogens with one attached hydrogen (secondary N) is 1. The van der Waals surface area contributed by atoms with Crippen LogP contribution in [0.3, 0.4) is 0 Å². The molecule has 132 valence electrons. The van der Waals surface area contributed by atoms with Crippen LogP contribution in [0.5, 0.6) is 5.75 Å². The summed E-state index contributed by atoms with van der Waals surface area (Å²) in [5, 5.41) is 3.03. The van der Waals surface area contributed by atoms with Crippen molar-refractivity contribution in [1.82, 2.24) is 5.32 Å². The van der Waals surface area contributed by atoms with Crippen molar-refractivity contribution in [1.29, 1.82) is 0 Å². The van der Waals surface area contributed by atoms with E-state index in [1.807, 2.05) is 13.8 Å². The molecule has 1 aliphatic rings. The highest BCUT2D eigenvalue weighted by Crippen LogP contribution is 2.25. The van der Waals surface area contributed by atoms with E-state index in [1.54, 1.807) is 0 Å². The average Bonchev–Trinajstić information content (AvgIpc) is 3.08. The van der Waals surface area contributed by atoms with Crippen LogP contribution in [0.1, 0.15) is 49.4 Å². The molecule has 0 aromatic heterocycles. The number of carbonyl (C=O) groups is 1. The summed E-state index contributed by atoms with van der Waals surface area (Å²) in [5.74, 6) is 0.0171. The predicted molar refractivity (Wildman–Crippen MR) is 96.1 cm³/mol. The number of rotatable bonds is 6. The summed E-state index contributed by atoms with van der Waals surface area (Å²) in [6.07, 6.45) is 3.43. The van der Waals surface area contributed by atoms with Gasteiger partial charge in [-0.25, -0.2) is 4.39 Å². The maximum absolute atomic E-state index is 13.0. The molecule has 2 aromatic rings. The Morgan fingerprint density at radius 1 is 1.16 bits per heavy atom. The summed E-state index contributed by atoms with van der Waals surface area (Å²) in [7, 11) is 0. The second kappa shape index (κ2) is 7.68. The van der Waals surface area contributed by atoms with E-state index in [4.69, 9.17) is 4.74 Å². The molecule has 1 N–H and O–H groups in total. The highest BCUT2D eigenvalue weighted by molar-refractivity contribution is 5.81. The van der Waals surface area contributed by atoms with Crippen LogP contribution >= 0.6 is 0 Å². The second-order valence-electron chi connectivity index (χ2n) is 6.58. The number of aryl methyl sites for hydroxylation is 2. The SMILES string of the molecule is CC[C@H](Oc1ccc(F)cc1)C(=O)N[C@H](C)c1ccc2c(c1)CCC2. The maximum Gasteiger partial charge on any atom is 0.261 e. The van der Waals surface area contributed by atoms with Crippen LogP contribution in [0, 0.1) is 5.82 Å². The first kappa shape index (κ1) is 17.5. The maximum atomic E-state index is 13.0. The first-order valence-electron chi connectivity index (χ1n) is 8.91. The van der Waals surface area contributed by atoms with E-state index in [0.29, 0.717) is 12.2 Å². The van der Waals surface area contributed by atoms with Crippen molar-refractivity contribution in [3.63, 3.8) is 0 Å². The van der Waals surface area contributed by atoms with Gasteiger partial charge in [0.25, 0.3) is 5.91 Å². The van der Waals surface area contributed by atoms with E-state index in [9.17, 15) is 9.18 Å². The minimum Gasteiger partial charge on any atom is -0.481 e. The van der Waals surface area contributed by atoms with Crippen LogP contribution in [0.2, 0.25) is 0 Å². The number of halogens is 1. The minimum absolute atomic E-state index is 0.0794. The zero-order chi connectivity index (χ0) is 17.8. The van der Waals surface area contributed by atoms with Gasteiger partial charge in [-0.1, -0.05) is 25.1 Å². The number of benzene rings is 2. The first-order chi connectivity index (χ1) is 12.1. The Labute approximate surface area is 148 Å². The molecular weight excluding hydrogens is 317 g/mol. The fourth-order valence-corrected chi connectivity index (χ4v) is 3.25. The van der Waals surface area contributed by atoms with Crippen molar-refractivity contribution in [2.45, 2.75) is 51.7 Å². The molecule has 0 spiro atoms. The number of amides is 1. The highest BCUT2D eigenvalue weighted by Gasteiger charge is 2.21. The van der Waals surface area contributed by atoms with Gasteiger partial charge in [0.15, 0.2) is 6.10 Å². The molecule has 2 aromatic carbocycles. The van der Waals surface area contributed by atoms with Gasteiger partial charge in [-0.05, 0) is 73.6 Å². The zero-order valence-corrected chi connectivity index (χ0v) is 14.7. The molecule has 1 aliphatic carbocycles. The lowest BCUT2D eigenvalue weighted by Crippen LogP contribution is -2.39. The van der Waals surface area contributed by atoms with Crippen LogP contribution in [0.25, 0.3) is 0 Å². The summed E-state index contributed by atoms with van der Waals surface area (Å²) in [4.78, 5) is 12.6. The Morgan fingerprint density at radius 2 is 1.88 bits per heavy atom. The fraction of sp³-hybridized carbons (Fsp3) is 0.381. The second-order valence-corrected chi connectivity index (χ2v) is 6.58. The highest BCUT2D eigenvalue weighted by atomic mass is 19.1.